The summed E-state index contributed by atoms with van der Waals surface area (Å²) >= 11 is 0. The van der Waals surface area contributed by atoms with Gasteiger partial charge in [-0.1, -0.05) is 101 Å². The molecule has 3 aromatic rings. The lowest BCUT2D eigenvalue weighted by Gasteiger charge is -2.59. The third-order valence-electron chi connectivity index (χ3n) is 16.0. The molecule has 2 fully saturated rings. The number of amides is 2. The van der Waals surface area contributed by atoms with Crippen LogP contribution in [0.5, 0.6) is 34.5 Å². The van der Waals surface area contributed by atoms with Crippen molar-refractivity contribution >= 4 is 23.6 Å². The van der Waals surface area contributed by atoms with Crippen LogP contribution in [0.2, 0.25) is 0 Å². The minimum Gasteiger partial charge on any atom is -0.497 e. The van der Waals surface area contributed by atoms with Gasteiger partial charge in [0.2, 0.25) is 18.9 Å². The molecule has 0 bridgehead atoms. The number of aliphatic hydroxyl groups is 2. The molecule has 0 aromatic heterocycles. The average Bonchev–Trinajstić information content (AvgIpc) is 4.04. The molecule has 3 aromatic carbocycles. The molecule has 17 heteroatoms. The van der Waals surface area contributed by atoms with Crippen LogP contribution in [0.25, 0.3) is 0 Å². The van der Waals surface area contributed by atoms with Crippen LogP contribution in [-0.4, -0.2) is 105 Å². The van der Waals surface area contributed by atoms with Crippen LogP contribution in [0.4, 0.5) is 15.3 Å². The van der Waals surface area contributed by atoms with Gasteiger partial charge in [-0.2, -0.15) is 0 Å². The number of fused-ring (bicyclic) bond motifs is 3. The number of aliphatic hydroxyl groups excluding tert-OH is 2. The number of carbonyl (C=O) groups excluding carboxylic acids is 2. The summed E-state index contributed by atoms with van der Waals surface area (Å²) in [7, 11) is 3.06. The van der Waals surface area contributed by atoms with E-state index in [9.17, 15) is 15.0 Å². The Morgan fingerprint density at radius 2 is 1.58 bits per heavy atom. The molecule has 2 aliphatic carbocycles. The molecule has 7 atom stereocenters. The van der Waals surface area contributed by atoms with E-state index in [-0.39, 0.29) is 63.8 Å². The maximum absolute atomic E-state index is 15.3. The number of hydrogen-bond donors (Lipinski definition) is 3. The number of unbranched alkanes of at least 4 members (excludes halogenated alkanes) is 11. The number of nitrogens with one attached hydrogen (secondary N) is 1. The van der Waals surface area contributed by atoms with E-state index in [4.69, 9.17) is 52.6 Å². The predicted molar refractivity (Wildman–Crippen MR) is 300 cm³/mol. The first-order chi connectivity index (χ1) is 38.7. The first-order valence-corrected chi connectivity index (χ1v) is 29.1. The highest BCUT2D eigenvalue weighted by Gasteiger charge is 2.66. The van der Waals surface area contributed by atoms with Crippen molar-refractivity contribution in [3.63, 3.8) is 0 Å². The fraction of sp³-hybridized carbons (Fsp3) is 0.597. The van der Waals surface area contributed by atoms with Gasteiger partial charge in [-0.3, -0.25) is 10.2 Å². The first kappa shape index (κ1) is 59.1. The van der Waals surface area contributed by atoms with Crippen LogP contribution >= 0.6 is 0 Å². The summed E-state index contributed by atoms with van der Waals surface area (Å²) in [6.07, 6.45) is 20.4. The van der Waals surface area contributed by atoms with Gasteiger partial charge in [-0.05, 0) is 110 Å². The first-order valence-electron chi connectivity index (χ1n) is 29.1. The zero-order chi connectivity index (χ0) is 55.4. The Balaban J connectivity index is 1.22. The minimum absolute atomic E-state index is 0.0325. The number of nitrogens with zero attached hydrogens (tertiary/aromatic N) is 2. The standard InChI is InChI=1S/C62H85N3O14/c1-5-7-8-9-10-11-12-13-14-20-35-73-61(69)65(41-43-25-29-53-55(36-43)75-42-74-53)56-40-51(64-79-57-24-17-21-34-72-57)48-37-44(22-15-18-31-66)47(23-16-19-32-67)58-49-38-46(27-30-52(49)78-62(56,59(48)58)76-33-6-2)77-60(68)63-50-28-26-45(70-3)39-54(50)71-4/h6,25-30,36-39,44,47,56-59,66-67H,2,5,7-24,31-35,40-42H2,1,3-4H3,(H,63,68)/t44-,47+,56-,57?,58+,59+,62+/m0/s1. The van der Waals surface area contributed by atoms with E-state index in [1.54, 1.807) is 48.4 Å². The van der Waals surface area contributed by atoms with E-state index in [0.29, 0.717) is 72.4 Å². The molecule has 2 amide bonds. The number of carbonyl (C=O) groups is 2. The fourth-order valence-electron chi connectivity index (χ4n) is 12.1. The van der Waals surface area contributed by atoms with Crippen LogP contribution in [0.1, 0.15) is 152 Å². The van der Waals surface area contributed by atoms with Gasteiger partial charge < -0.3 is 57.7 Å². The predicted octanol–water partition coefficient (Wildman–Crippen LogP) is 12.8. The molecular formula is C62H85N3O14. The Bertz CT molecular complexity index is 2510. The zero-order valence-corrected chi connectivity index (χ0v) is 46.8. The number of ether oxygens (including phenoxy) is 9. The summed E-state index contributed by atoms with van der Waals surface area (Å²) in [6.45, 7) is 7.47. The molecule has 3 heterocycles. The lowest BCUT2D eigenvalue weighted by Crippen LogP contribution is -2.70. The van der Waals surface area contributed by atoms with Crippen LogP contribution in [0.15, 0.2) is 84.1 Å². The Morgan fingerprint density at radius 1 is 0.835 bits per heavy atom. The van der Waals surface area contributed by atoms with Crippen molar-refractivity contribution < 1.29 is 67.3 Å². The highest BCUT2D eigenvalue weighted by molar-refractivity contribution is 6.03. The monoisotopic (exact) mass is 1100 g/mol. The third-order valence-corrected chi connectivity index (χ3v) is 16.0. The molecule has 8 rings (SSSR count). The molecule has 0 radical (unpaired) electrons. The van der Waals surface area contributed by atoms with Gasteiger partial charge in [0.05, 0.1) is 51.4 Å². The van der Waals surface area contributed by atoms with Crippen molar-refractivity contribution in [3.05, 3.63) is 90.0 Å². The molecule has 1 saturated heterocycles. The Hall–Kier alpha value is -6.01. The maximum atomic E-state index is 15.3. The number of anilines is 1. The Morgan fingerprint density at radius 3 is 2.32 bits per heavy atom. The molecule has 3 N–H and O–H groups in total. The maximum Gasteiger partial charge on any atom is 0.417 e. The average molecular weight is 1100 g/mol. The highest BCUT2D eigenvalue weighted by atomic mass is 16.8. The quantitative estimate of drug-likeness (QED) is 0.0313. The van der Waals surface area contributed by atoms with Gasteiger partial charge in [0.15, 0.2) is 11.5 Å². The lowest BCUT2D eigenvalue weighted by molar-refractivity contribution is -0.256. The van der Waals surface area contributed by atoms with Crippen molar-refractivity contribution in [1.29, 1.82) is 0 Å². The molecule has 1 unspecified atom stereocenters. The second-order valence-corrected chi connectivity index (χ2v) is 21.4. The molecule has 432 valence electrons. The highest BCUT2D eigenvalue weighted by Crippen LogP contribution is 2.62. The summed E-state index contributed by atoms with van der Waals surface area (Å²) in [5.74, 6) is 0.178. The number of oxime groups is 1. The topological polar surface area (TPSA) is 195 Å². The SMILES string of the molecule is C=CCO[C@@]12Oc3ccc(OC(=O)Nc4ccc(OC)cc4OC)cc3[C@H]3[C@H](CCCCO)[C@@H](CCCCO)C=C(C(=NOC4CCCCO4)C[C@@H]1N(Cc1ccc4c(c1)OCO4)C(=O)OCCCCCCCCCCCC)[C@H]32. The van der Waals surface area contributed by atoms with Crippen molar-refractivity contribution in [2.24, 2.45) is 22.9 Å². The van der Waals surface area contributed by atoms with Crippen LogP contribution in [-0.2, 0) is 25.6 Å². The summed E-state index contributed by atoms with van der Waals surface area (Å²) < 4.78 is 55.8. The van der Waals surface area contributed by atoms with Gasteiger partial charge in [-0.15, -0.1) is 6.58 Å². The van der Waals surface area contributed by atoms with Gasteiger partial charge in [0.25, 0.3) is 0 Å². The second-order valence-electron chi connectivity index (χ2n) is 21.4. The van der Waals surface area contributed by atoms with Crippen molar-refractivity contribution in [2.75, 3.05) is 59.4 Å². The van der Waals surface area contributed by atoms with E-state index < -0.39 is 42.1 Å². The normalized spacial score (nSPS) is 23.1. The lowest BCUT2D eigenvalue weighted by atomic mass is 9.55. The molecule has 1 saturated carbocycles. The molecule has 79 heavy (non-hydrogen) atoms. The number of hydrogen-bond acceptors (Lipinski definition) is 15. The molecule has 17 nitrogen and oxygen atoms in total. The summed E-state index contributed by atoms with van der Waals surface area (Å²) in [5, 5.41) is 28.1. The number of rotatable bonds is 31. The molecule has 5 aliphatic rings. The van der Waals surface area contributed by atoms with Gasteiger partial charge in [-0.25, -0.2) is 9.59 Å². The van der Waals surface area contributed by atoms with Gasteiger partial charge >= 0.3 is 12.2 Å². The zero-order valence-electron chi connectivity index (χ0n) is 46.8. The number of benzene rings is 3. The summed E-state index contributed by atoms with van der Waals surface area (Å²) in [5.41, 5.74) is 3.43. The van der Waals surface area contributed by atoms with Crippen LogP contribution in [0, 0.1) is 17.8 Å². The molecule has 0 spiro atoms. The fourth-order valence-corrected chi connectivity index (χ4v) is 12.1. The van der Waals surface area contributed by atoms with E-state index in [1.807, 2.05) is 24.3 Å². The van der Waals surface area contributed by atoms with Crippen molar-refractivity contribution in [2.45, 2.75) is 166 Å². The largest absolute Gasteiger partial charge is 0.497 e. The number of allylic oxidation sites excluding steroid dienone is 1. The molecular weight excluding hydrogens is 1010 g/mol. The number of methoxy groups -OCH3 is 2. The van der Waals surface area contributed by atoms with E-state index in [0.717, 1.165) is 74.5 Å². The molecule has 3 aliphatic heterocycles. The smallest absolute Gasteiger partial charge is 0.417 e. The van der Waals surface area contributed by atoms with Crippen molar-refractivity contribution in [1.82, 2.24) is 4.90 Å². The van der Waals surface area contributed by atoms with E-state index in [2.05, 4.69) is 24.9 Å². The summed E-state index contributed by atoms with van der Waals surface area (Å²) in [6, 6.07) is 15.2. The Kier molecular flexibility index (Phi) is 22.4. The van der Waals surface area contributed by atoms with E-state index >= 15 is 4.79 Å². The second kappa shape index (κ2) is 30.0. The van der Waals surface area contributed by atoms with E-state index in [1.165, 1.54) is 45.6 Å². The Labute approximate surface area is 466 Å². The van der Waals surface area contributed by atoms with Crippen LogP contribution < -0.4 is 33.7 Å². The van der Waals surface area contributed by atoms with Crippen LogP contribution in [0.3, 0.4) is 0 Å². The van der Waals surface area contributed by atoms with Gasteiger partial charge in [0, 0.05) is 50.1 Å². The minimum atomic E-state index is -1.58. The summed E-state index contributed by atoms with van der Waals surface area (Å²) in [4.78, 5) is 37.2. The van der Waals surface area contributed by atoms with Crippen molar-refractivity contribution in [3.8, 4) is 34.5 Å². The van der Waals surface area contributed by atoms with Gasteiger partial charge in [0.1, 0.15) is 29.0 Å². The third kappa shape index (κ3) is 15.1.